The van der Waals surface area contributed by atoms with Crippen molar-refractivity contribution in [3.63, 3.8) is 0 Å². The molecule has 0 aromatic heterocycles. The number of hydrogen-bond donors (Lipinski definition) is 0. The van der Waals surface area contributed by atoms with E-state index in [2.05, 4.69) is 13.8 Å². The van der Waals surface area contributed by atoms with Crippen molar-refractivity contribution >= 4 is 11.9 Å². The number of rotatable bonds is 17. The molecule has 2 fully saturated rings. The number of carbonyl (C=O) groups excluding carboxylic acids is 2. The zero-order valence-corrected chi connectivity index (χ0v) is 23.0. The molecule has 0 unspecified atom stereocenters. The minimum atomic E-state index is -1.49. The largest absolute Gasteiger partial charge is 0.460 e. The van der Waals surface area contributed by atoms with Crippen molar-refractivity contribution in [2.45, 2.75) is 167 Å². The minimum absolute atomic E-state index is 0.159. The van der Waals surface area contributed by atoms with E-state index < -0.39 is 24.3 Å². The standard InChI is InChI=1S/C30H52F2O4/c1-3-5-7-9-11-13-27(31)29(33)35-25-19-15-23(16-20-25)24-17-21-26(22-18-24)36-30(34)28(32)14-12-10-8-6-4-2/h23-28H,3-22H2,1-2H3/t23?,24?,25?,26?,27-,28-/m1/s1. The summed E-state index contributed by atoms with van der Waals surface area (Å²) >= 11 is 0. The molecule has 2 aliphatic carbocycles. The van der Waals surface area contributed by atoms with Gasteiger partial charge in [0.2, 0.25) is 0 Å². The van der Waals surface area contributed by atoms with Gasteiger partial charge in [0.05, 0.1) is 0 Å². The van der Waals surface area contributed by atoms with Gasteiger partial charge in [-0.25, -0.2) is 18.4 Å². The van der Waals surface area contributed by atoms with Crippen LogP contribution < -0.4 is 0 Å². The lowest BCUT2D eigenvalue weighted by atomic mass is 9.72. The summed E-state index contributed by atoms with van der Waals surface area (Å²) < 4.78 is 39.3. The van der Waals surface area contributed by atoms with E-state index in [1.54, 1.807) is 0 Å². The highest BCUT2D eigenvalue weighted by molar-refractivity contribution is 5.75. The third-order valence-electron chi connectivity index (χ3n) is 8.30. The smallest absolute Gasteiger partial charge is 0.340 e. The lowest BCUT2D eigenvalue weighted by molar-refractivity contribution is -0.159. The van der Waals surface area contributed by atoms with E-state index >= 15 is 0 Å². The van der Waals surface area contributed by atoms with Gasteiger partial charge in [-0.15, -0.1) is 0 Å². The van der Waals surface area contributed by atoms with Crippen molar-refractivity contribution in [3.05, 3.63) is 0 Å². The number of alkyl halides is 2. The molecule has 6 heteroatoms. The van der Waals surface area contributed by atoms with Crippen LogP contribution in [0.4, 0.5) is 8.78 Å². The second kappa shape index (κ2) is 18.1. The minimum Gasteiger partial charge on any atom is -0.460 e. The van der Waals surface area contributed by atoms with Crippen LogP contribution in [0, 0.1) is 11.8 Å². The second-order valence-electron chi connectivity index (χ2n) is 11.3. The molecule has 0 aliphatic heterocycles. The maximum absolute atomic E-state index is 14.2. The number of hydrogen-bond acceptors (Lipinski definition) is 4. The maximum Gasteiger partial charge on any atom is 0.340 e. The third-order valence-corrected chi connectivity index (χ3v) is 8.30. The Balaban J connectivity index is 1.57. The Bertz CT molecular complexity index is 546. The summed E-state index contributed by atoms with van der Waals surface area (Å²) in [6.45, 7) is 4.29. The molecule has 2 aliphatic rings. The van der Waals surface area contributed by atoms with Crippen molar-refractivity contribution in [2.75, 3.05) is 0 Å². The monoisotopic (exact) mass is 514 g/mol. The van der Waals surface area contributed by atoms with Crippen molar-refractivity contribution in [1.82, 2.24) is 0 Å². The first-order valence-electron chi connectivity index (χ1n) is 15.1. The summed E-state index contributed by atoms with van der Waals surface area (Å²) in [6, 6.07) is 0. The van der Waals surface area contributed by atoms with Gasteiger partial charge in [-0.05, 0) is 88.9 Å². The summed E-state index contributed by atoms with van der Waals surface area (Å²) in [5, 5.41) is 0. The first-order chi connectivity index (χ1) is 17.4. The van der Waals surface area contributed by atoms with Crippen LogP contribution in [0.2, 0.25) is 0 Å². The number of esters is 2. The van der Waals surface area contributed by atoms with Crippen LogP contribution in [-0.4, -0.2) is 36.5 Å². The molecule has 210 valence electrons. The molecule has 0 aromatic carbocycles. The van der Waals surface area contributed by atoms with Gasteiger partial charge >= 0.3 is 11.9 Å². The van der Waals surface area contributed by atoms with E-state index in [1.807, 2.05) is 0 Å². The summed E-state index contributed by atoms with van der Waals surface area (Å²) in [4.78, 5) is 24.2. The highest BCUT2D eigenvalue weighted by atomic mass is 19.1. The van der Waals surface area contributed by atoms with Crippen LogP contribution in [0.3, 0.4) is 0 Å². The molecular formula is C30H52F2O4. The first-order valence-corrected chi connectivity index (χ1v) is 15.1. The lowest BCUT2D eigenvalue weighted by Crippen LogP contribution is -2.34. The molecule has 0 bridgehead atoms. The summed E-state index contributed by atoms with van der Waals surface area (Å²) in [6.07, 6.45) is 14.7. The topological polar surface area (TPSA) is 52.6 Å². The summed E-state index contributed by atoms with van der Waals surface area (Å²) in [5.41, 5.74) is 0. The van der Waals surface area contributed by atoms with Gasteiger partial charge in [0, 0.05) is 0 Å². The molecule has 36 heavy (non-hydrogen) atoms. The number of unbranched alkanes of at least 4 members (excludes halogenated alkanes) is 8. The number of carbonyl (C=O) groups is 2. The van der Waals surface area contributed by atoms with E-state index in [9.17, 15) is 18.4 Å². The van der Waals surface area contributed by atoms with Crippen molar-refractivity contribution < 1.29 is 27.8 Å². The van der Waals surface area contributed by atoms with E-state index in [0.29, 0.717) is 11.8 Å². The first kappa shape index (κ1) is 31.0. The van der Waals surface area contributed by atoms with Crippen LogP contribution in [0.25, 0.3) is 0 Å². The summed E-state index contributed by atoms with van der Waals surface area (Å²) in [5.74, 6) is -0.200. The predicted octanol–water partition coefficient (Wildman–Crippen LogP) is 8.59. The Labute approximate surface area is 218 Å². The molecule has 0 heterocycles. The van der Waals surface area contributed by atoms with Crippen LogP contribution in [0.1, 0.15) is 142 Å². The SMILES string of the molecule is CCCCCCC[C@@H](F)C(=O)OC1CCC(C2CCC(OC(=O)[C@H](F)CCCCCCC)CC2)CC1. The highest BCUT2D eigenvalue weighted by Crippen LogP contribution is 2.40. The van der Waals surface area contributed by atoms with Crippen molar-refractivity contribution in [2.24, 2.45) is 11.8 Å². The maximum atomic E-state index is 14.2. The quantitative estimate of drug-likeness (QED) is 0.144. The van der Waals surface area contributed by atoms with Gasteiger partial charge in [-0.3, -0.25) is 0 Å². The highest BCUT2D eigenvalue weighted by Gasteiger charge is 2.34. The van der Waals surface area contributed by atoms with E-state index in [-0.39, 0.29) is 25.0 Å². The number of ether oxygens (including phenoxy) is 2. The van der Waals surface area contributed by atoms with Gasteiger partial charge in [0.25, 0.3) is 0 Å². The fourth-order valence-electron chi connectivity index (χ4n) is 5.92. The molecule has 2 saturated carbocycles. The molecule has 4 nitrogen and oxygen atoms in total. The fraction of sp³-hybridized carbons (Fsp3) is 0.933. The molecule has 0 spiro atoms. The van der Waals surface area contributed by atoms with Gasteiger partial charge < -0.3 is 9.47 Å². The molecule has 0 saturated heterocycles. The van der Waals surface area contributed by atoms with E-state index in [1.165, 1.54) is 0 Å². The van der Waals surface area contributed by atoms with Crippen molar-refractivity contribution in [1.29, 1.82) is 0 Å². The lowest BCUT2D eigenvalue weighted by Gasteiger charge is -2.37. The Kier molecular flexibility index (Phi) is 15.6. The Morgan fingerprint density at radius 3 is 1.25 bits per heavy atom. The molecule has 2 rings (SSSR count). The van der Waals surface area contributed by atoms with Gasteiger partial charge in [-0.1, -0.05) is 65.2 Å². The van der Waals surface area contributed by atoms with Crippen molar-refractivity contribution in [3.8, 4) is 0 Å². The second-order valence-corrected chi connectivity index (χ2v) is 11.3. The zero-order chi connectivity index (χ0) is 26.2. The van der Waals surface area contributed by atoms with Crippen LogP contribution >= 0.6 is 0 Å². The summed E-state index contributed by atoms with van der Waals surface area (Å²) in [7, 11) is 0. The zero-order valence-electron chi connectivity index (χ0n) is 23.0. The average Bonchev–Trinajstić information content (AvgIpc) is 2.89. The average molecular weight is 515 g/mol. The molecule has 2 atom stereocenters. The molecule has 0 N–H and O–H groups in total. The van der Waals surface area contributed by atoms with Crippen LogP contribution in [0.15, 0.2) is 0 Å². The third kappa shape index (κ3) is 11.9. The Morgan fingerprint density at radius 1 is 0.583 bits per heavy atom. The van der Waals surface area contributed by atoms with E-state index in [4.69, 9.17) is 9.47 Å². The van der Waals surface area contributed by atoms with E-state index in [0.717, 1.165) is 116 Å². The van der Waals surface area contributed by atoms with Gasteiger partial charge in [0.15, 0.2) is 12.3 Å². The van der Waals surface area contributed by atoms with Crippen LogP contribution in [-0.2, 0) is 19.1 Å². The Morgan fingerprint density at radius 2 is 0.917 bits per heavy atom. The molecule has 0 aromatic rings. The fourth-order valence-corrected chi connectivity index (χ4v) is 5.92. The number of halogens is 2. The Hall–Kier alpha value is -1.20. The predicted molar refractivity (Wildman–Crippen MR) is 140 cm³/mol. The molecule has 0 amide bonds. The normalized spacial score (nSPS) is 26.2. The molecule has 0 radical (unpaired) electrons. The van der Waals surface area contributed by atoms with Crippen LogP contribution in [0.5, 0.6) is 0 Å². The molecular weight excluding hydrogens is 462 g/mol. The van der Waals surface area contributed by atoms with Gasteiger partial charge in [0.1, 0.15) is 12.2 Å². The van der Waals surface area contributed by atoms with Gasteiger partial charge in [-0.2, -0.15) is 0 Å².